The van der Waals surface area contributed by atoms with Gasteiger partial charge in [-0.3, -0.25) is 0 Å². The Morgan fingerprint density at radius 1 is 1.11 bits per heavy atom. The van der Waals surface area contributed by atoms with Gasteiger partial charge in [0.25, 0.3) is 0 Å². The molecule has 0 unspecified atom stereocenters. The molecule has 0 atom stereocenters. The summed E-state index contributed by atoms with van der Waals surface area (Å²) in [5.74, 6) is -0.0991. The zero-order valence-corrected chi connectivity index (χ0v) is 10.3. The van der Waals surface area contributed by atoms with Crippen molar-refractivity contribution in [2.24, 2.45) is 0 Å². The molecule has 0 fully saturated rings. The molecule has 18 heavy (non-hydrogen) atoms. The molecule has 0 heterocycles. The number of benzene rings is 2. The van der Waals surface area contributed by atoms with Crippen LogP contribution in [0.1, 0.15) is 15.9 Å². The number of aromatic hydroxyl groups is 1. The quantitative estimate of drug-likeness (QED) is 0.823. The topological polar surface area (TPSA) is 46.5 Å². The highest BCUT2D eigenvalue weighted by Gasteiger charge is 2.08. The Hall–Kier alpha value is -2.29. The van der Waals surface area contributed by atoms with Crippen molar-refractivity contribution in [3.8, 4) is 16.9 Å². The number of ether oxygens (including phenoxy) is 1. The largest absolute Gasteiger partial charge is 0.508 e. The standard InChI is InChI=1S/C15H14O3/c1-10-9-12(15(17)18-2)5-8-14(10)11-3-6-13(16)7-4-11/h3-9,16H,1-2H3. The van der Waals surface area contributed by atoms with E-state index in [1.165, 1.54) is 7.11 Å². The van der Waals surface area contributed by atoms with Crippen LogP contribution in [0.5, 0.6) is 5.75 Å². The van der Waals surface area contributed by atoms with Crippen LogP contribution in [-0.2, 0) is 4.74 Å². The minimum atomic E-state index is -0.338. The fourth-order valence-electron chi connectivity index (χ4n) is 1.87. The van der Waals surface area contributed by atoms with Gasteiger partial charge < -0.3 is 9.84 Å². The van der Waals surface area contributed by atoms with Crippen LogP contribution >= 0.6 is 0 Å². The van der Waals surface area contributed by atoms with Gasteiger partial charge in [0.15, 0.2) is 0 Å². The first-order chi connectivity index (χ1) is 8.61. The highest BCUT2D eigenvalue weighted by atomic mass is 16.5. The molecule has 3 heteroatoms. The molecular formula is C15H14O3. The lowest BCUT2D eigenvalue weighted by Crippen LogP contribution is -2.01. The summed E-state index contributed by atoms with van der Waals surface area (Å²) in [5.41, 5.74) is 3.56. The van der Waals surface area contributed by atoms with E-state index >= 15 is 0 Å². The molecule has 1 N–H and O–H groups in total. The summed E-state index contributed by atoms with van der Waals surface area (Å²) in [6, 6.07) is 12.4. The van der Waals surface area contributed by atoms with Crippen molar-refractivity contribution in [2.75, 3.05) is 7.11 Å². The van der Waals surface area contributed by atoms with Crippen LogP contribution in [-0.4, -0.2) is 18.2 Å². The summed E-state index contributed by atoms with van der Waals surface area (Å²) in [6.07, 6.45) is 0. The van der Waals surface area contributed by atoms with Crippen molar-refractivity contribution < 1.29 is 14.6 Å². The van der Waals surface area contributed by atoms with Gasteiger partial charge >= 0.3 is 5.97 Å². The monoisotopic (exact) mass is 242 g/mol. The molecule has 0 saturated heterocycles. The van der Waals surface area contributed by atoms with Crippen LogP contribution in [0.2, 0.25) is 0 Å². The van der Waals surface area contributed by atoms with Gasteiger partial charge in [-0.05, 0) is 47.9 Å². The Kier molecular flexibility index (Phi) is 3.33. The lowest BCUT2D eigenvalue weighted by Gasteiger charge is -2.08. The summed E-state index contributed by atoms with van der Waals surface area (Å²) in [6.45, 7) is 1.94. The summed E-state index contributed by atoms with van der Waals surface area (Å²) < 4.78 is 4.68. The molecule has 0 aliphatic heterocycles. The first-order valence-corrected chi connectivity index (χ1v) is 5.60. The fraction of sp³-hybridized carbons (Fsp3) is 0.133. The first kappa shape index (κ1) is 12.2. The van der Waals surface area contributed by atoms with Gasteiger partial charge in [-0.25, -0.2) is 4.79 Å². The molecule has 2 aromatic carbocycles. The van der Waals surface area contributed by atoms with E-state index in [4.69, 9.17) is 0 Å². The van der Waals surface area contributed by atoms with Crippen molar-refractivity contribution in [3.63, 3.8) is 0 Å². The van der Waals surface area contributed by atoms with E-state index < -0.39 is 0 Å². The average molecular weight is 242 g/mol. The Labute approximate surface area is 106 Å². The normalized spacial score (nSPS) is 10.1. The average Bonchev–Trinajstić information content (AvgIpc) is 2.39. The van der Waals surface area contributed by atoms with E-state index in [-0.39, 0.29) is 11.7 Å². The third kappa shape index (κ3) is 2.35. The van der Waals surface area contributed by atoms with E-state index in [0.29, 0.717) is 5.56 Å². The van der Waals surface area contributed by atoms with Gasteiger partial charge in [-0.2, -0.15) is 0 Å². The molecule has 2 aromatic rings. The van der Waals surface area contributed by atoms with Crippen molar-refractivity contribution in [1.82, 2.24) is 0 Å². The number of hydrogen-bond acceptors (Lipinski definition) is 3. The zero-order valence-electron chi connectivity index (χ0n) is 10.3. The van der Waals surface area contributed by atoms with Crippen molar-refractivity contribution >= 4 is 5.97 Å². The first-order valence-electron chi connectivity index (χ1n) is 5.60. The second-order valence-corrected chi connectivity index (χ2v) is 4.07. The van der Waals surface area contributed by atoms with Crippen LogP contribution in [0.4, 0.5) is 0 Å². The Bertz CT molecular complexity index is 571. The number of carbonyl (C=O) groups is 1. The minimum Gasteiger partial charge on any atom is -0.508 e. The number of aryl methyl sites for hydroxylation is 1. The molecule has 0 aromatic heterocycles. The third-order valence-electron chi connectivity index (χ3n) is 2.83. The van der Waals surface area contributed by atoms with Gasteiger partial charge in [0.2, 0.25) is 0 Å². The molecule has 3 nitrogen and oxygen atoms in total. The molecule has 2 rings (SSSR count). The second kappa shape index (κ2) is 4.92. The molecule has 0 saturated carbocycles. The number of phenolic OH excluding ortho intramolecular Hbond substituents is 1. The molecule has 0 bridgehead atoms. The Morgan fingerprint density at radius 3 is 2.33 bits per heavy atom. The summed E-state index contributed by atoms with van der Waals surface area (Å²) in [4.78, 5) is 11.4. The van der Waals surface area contributed by atoms with E-state index in [0.717, 1.165) is 16.7 Å². The van der Waals surface area contributed by atoms with Crippen LogP contribution in [0.3, 0.4) is 0 Å². The molecular weight excluding hydrogens is 228 g/mol. The predicted molar refractivity (Wildman–Crippen MR) is 69.6 cm³/mol. The smallest absolute Gasteiger partial charge is 0.337 e. The van der Waals surface area contributed by atoms with Gasteiger partial charge in [0.1, 0.15) is 5.75 Å². The number of rotatable bonds is 2. The number of esters is 1. The molecule has 0 aliphatic rings. The Balaban J connectivity index is 2.41. The number of carbonyl (C=O) groups excluding carboxylic acids is 1. The Morgan fingerprint density at radius 2 is 1.78 bits per heavy atom. The third-order valence-corrected chi connectivity index (χ3v) is 2.83. The lowest BCUT2D eigenvalue weighted by atomic mass is 9.98. The fourth-order valence-corrected chi connectivity index (χ4v) is 1.87. The molecule has 0 spiro atoms. The summed E-state index contributed by atoms with van der Waals surface area (Å²) in [5, 5.41) is 9.26. The van der Waals surface area contributed by atoms with Crippen LogP contribution in [0.15, 0.2) is 42.5 Å². The maximum atomic E-state index is 11.4. The maximum absolute atomic E-state index is 11.4. The van der Waals surface area contributed by atoms with E-state index in [1.54, 1.807) is 24.3 Å². The van der Waals surface area contributed by atoms with Crippen molar-refractivity contribution in [1.29, 1.82) is 0 Å². The van der Waals surface area contributed by atoms with E-state index in [1.807, 2.05) is 25.1 Å². The summed E-state index contributed by atoms with van der Waals surface area (Å²) in [7, 11) is 1.37. The van der Waals surface area contributed by atoms with Crippen LogP contribution < -0.4 is 0 Å². The SMILES string of the molecule is COC(=O)c1ccc(-c2ccc(O)cc2)c(C)c1. The predicted octanol–water partition coefficient (Wildman–Crippen LogP) is 3.15. The minimum absolute atomic E-state index is 0.239. The second-order valence-electron chi connectivity index (χ2n) is 4.07. The molecule has 92 valence electrons. The molecule has 0 radical (unpaired) electrons. The lowest BCUT2D eigenvalue weighted by molar-refractivity contribution is 0.0600. The molecule has 0 aliphatic carbocycles. The van der Waals surface area contributed by atoms with Crippen molar-refractivity contribution in [3.05, 3.63) is 53.6 Å². The van der Waals surface area contributed by atoms with Crippen LogP contribution in [0, 0.1) is 6.92 Å². The van der Waals surface area contributed by atoms with E-state index in [2.05, 4.69) is 4.74 Å². The van der Waals surface area contributed by atoms with Gasteiger partial charge in [-0.15, -0.1) is 0 Å². The molecule has 0 amide bonds. The van der Waals surface area contributed by atoms with Gasteiger partial charge in [0, 0.05) is 0 Å². The van der Waals surface area contributed by atoms with E-state index in [9.17, 15) is 9.90 Å². The summed E-state index contributed by atoms with van der Waals surface area (Å²) >= 11 is 0. The number of methoxy groups -OCH3 is 1. The van der Waals surface area contributed by atoms with Gasteiger partial charge in [-0.1, -0.05) is 18.2 Å². The van der Waals surface area contributed by atoms with Gasteiger partial charge in [0.05, 0.1) is 12.7 Å². The number of phenols is 1. The highest BCUT2D eigenvalue weighted by molar-refractivity contribution is 5.90. The maximum Gasteiger partial charge on any atom is 0.337 e. The van der Waals surface area contributed by atoms with Crippen LogP contribution in [0.25, 0.3) is 11.1 Å². The van der Waals surface area contributed by atoms with Crippen molar-refractivity contribution in [2.45, 2.75) is 6.92 Å². The zero-order chi connectivity index (χ0) is 13.1. The highest BCUT2D eigenvalue weighted by Crippen LogP contribution is 2.26. The number of hydrogen-bond donors (Lipinski definition) is 1.